The van der Waals surface area contributed by atoms with Gasteiger partial charge in [-0.05, 0) is 52.3 Å². The van der Waals surface area contributed by atoms with Crippen LogP contribution in [0.2, 0.25) is 0 Å². The van der Waals surface area contributed by atoms with Crippen LogP contribution in [0.1, 0.15) is 9.67 Å². The maximum atomic E-state index is 12.2. The largest absolute Gasteiger partial charge is 0.497 e. The lowest BCUT2D eigenvalue weighted by molar-refractivity contribution is 0.102. The van der Waals surface area contributed by atoms with Crippen LogP contribution < -0.4 is 4.74 Å². The molecule has 0 fully saturated rings. The number of ketones is 1. The van der Waals surface area contributed by atoms with Crippen LogP contribution >= 0.6 is 27.3 Å². The molecular formula is C13H11BrO4S2. The third-order valence-electron chi connectivity index (χ3n) is 2.59. The Bertz CT molecular complexity index is 717. The molecule has 1 aromatic heterocycles. The molecule has 1 heterocycles. The first-order valence-electron chi connectivity index (χ1n) is 5.58. The fourth-order valence-electron chi connectivity index (χ4n) is 1.57. The zero-order valence-electron chi connectivity index (χ0n) is 10.5. The number of sulfone groups is 1. The summed E-state index contributed by atoms with van der Waals surface area (Å²) < 4.78 is 30.1. The monoisotopic (exact) mass is 374 g/mol. The number of thiophene rings is 1. The van der Waals surface area contributed by atoms with E-state index in [1.807, 2.05) is 0 Å². The van der Waals surface area contributed by atoms with E-state index in [4.69, 9.17) is 4.74 Å². The first kappa shape index (κ1) is 15.2. The van der Waals surface area contributed by atoms with Crippen molar-refractivity contribution in [3.63, 3.8) is 0 Å². The molecule has 0 amide bonds. The van der Waals surface area contributed by atoms with Crippen LogP contribution in [-0.2, 0) is 9.84 Å². The Morgan fingerprint density at radius 1 is 1.20 bits per heavy atom. The zero-order valence-corrected chi connectivity index (χ0v) is 13.7. The van der Waals surface area contributed by atoms with Crippen LogP contribution in [0.15, 0.2) is 45.1 Å². The summed E-state index contributed by atoms with van der Waals surface area (Å²) >= 11 is 4.46. The molecule has 2 aromatic rings. The maximum absolute atomic E-state index is 12.2. The number of carbonyl (C=O) groups excluding carboxylic acids is 1. The molecule has 0 aliphatic carbocycles. The first-order valence-corrected chi connectivity index (χ1v) is 8.84. The van der Waals surface area contributed by atoms with Crippen molar-refractivity contribution in [1.82, 2.24) is 0 Å². The number of carbonyl (C=O) groups is 1. The highest BCUT2D eigenvalue weighted by Gasteiger charge is 2.21. The first-order chi connectivity index (χ1) is 9.42. The number of rotatable bonds is 5. The summed E-state index contributed by atoms with van der Waals surface area (Å²) in [7, 11) is -2.14. The lowest BCUT2D eigenvalue weighted by Crippen LogP contribution is -2.15. The Morgan fingerprint density at radius 3 is 2.35 bits per heavy atom. The summed E-state index contributed by atoms with van der Waals surface area (Å²) in [6.07, 6.45) is 0. The van der Waals surface area contributed by atoms with Gasteiger partial charge in [0.05, 0.1) is 20.7 Å². The molecule has 0 spiro atoms. The lowest BCUT2D eigenvalue weighted by atomic mass is 10.3. The van der Waals surface area contributed by atoms with Crippen molar-refractivity contribution < 1.29 is 17.9 Å². The van der Waals surface area contributed by atoms with Gasteiger partial charge < -0.3 is 4.74 Å². The number of halogens is 1. The Balaban J connectivity index is 2.20. The zero-order chi connectivity index (χ0) is 14.8. The summed E-state index contributed by atoms with van der Waals surface area (Å²) in [4.78, 5) is 12.5. The SMILES string of the molecule is COc1ccc(S(=O)(=O)CC(=O)c2ccc(Br)s2)cc1. The Kier molecular flexibility index (Phi) is 4.62. The van der Waals surface area contributed by atoms with Crippen LogP contribution in [0.25, 0.3) is 0 Å². The molecule has 0 saturated carbocycles. The standard InChI is InChI=1S/C13H11BrO4S2/c1-18-9-2-4-10(5-3-9)20(16,17)8-11(15)12-6-7-13(14)19-12/h2-7H,8H2,1H3. The summed E-state index contributed by atoms with van der Waals surface area (Å²) in [6.45, 7) is 0. The van der Waals surface area contributed by atoms with Crippen molar-refractivity contribution in [3.05, 3.63) is 45.1 Å². The smallest absolute Gasteiger partial charge is 0.188 e. The summed E-state index contributed by atoms with van der Waals surface area (Å²) in [5.74, 6) is -0.374. The highest BCUT2D eigenvalue weighted by molar-refractivity contribution is 9.11. The van der Waals surface area contributed by atoms with Crippen LogP contribution in [-0.4, -0.2) is 27.1 Å². The molecule has 0 aliphatic rings. The number of ether oxygens (including phenoxy) is 1. The van der Waals surface area contributed by atoms with E-state index in [0.717, 1.165) is 3.79 Å². The number of Topliss-reactive ketones (excluding diaryl/α,β-unsaturated/α-hetero) is 1. The van der Waals surface area contributed by atoms with Crippen molar-refractivity contribution in [2.24, 2.45) is 0 Å². The van der Waals surface area contributed by atoms with E-state index in [1.54, 1.807) is 24.3 Å². The topological polar surface area (TPSA) is 60.4 Å². The quantitative estimate of drug-likeness (QED) is 0.754. The van der Waals surface area contributed by atoms with Gasteiger partial charge in [-0.25, -0.2) is 8.42 Å². The fraction of sp³-hybridized carbons (Fsp3) is 0.154. The molecular weight excluding hydrogens is 364 g/mol. The molecule has 2 rings (SSSR count). The van der Waals surface area contributed by atoms with Gasteiger partial charge in [0.2, 0.25) is 0 Å². The third kappa shape index (κ3) is 3.47. The van der Waals surface area contributed by atoms with E-state index in [1.165, 1.54) is 30.6 Å². The maximum Gasteiger partial charge on any atom is 0.188 e. The number of benzene rings is 1. The average molecular weight is 375 g/mol. The molecule has 20 heavy (non-hydrogen) atoms. The van der Waals surface area contributed by atoms with Gasteiger partial charge in [-0.3, -0.25) is 4.79 Å². The van der Waals surface area contributed by atoms with E-state index in [-0.39, 0.29) is 4.90 Å². The Morgan fingerprint density at radius 2 is 1.85 bits per heavy atom. The molecule has 0 atom stereocenters. The molecule has 1 aromatic carbocycles. The molecule has 0 saturated heterocycles. The van der Waals surface area contributed by atoms with Gasteiger partial charge in [0.25, 0.3) is 0 Å². The van der Waals surface area contributed by atoms with Gasteiger partial charge in [0, 0.05) is 0 Å². The number of methoxy groups -OCH3 is 1. The van der Waals surface area contributed by atoms with Crippen molar-refractivity contribution in [3.8, 4) is 5.75 Å². The molecule has 4 nitrogen and oxygen atoms in total. The number of hydrogen-bond acceptors (Lipinski definition) is 5. The Labute approximate surface area is 129 Å². The molecule has 0 radical (unpaired) electrons. The van der Waals surface area contributed by atoms with Crippen LogP contribution in [0.3, 0.4) is 0 Å². The third-order valence-corrected chi connectivity index (χ3v) is 5.89. The minimum atomic E-state index is -3.64. The normalized spacial score (nSPS) is 11.3. The van der Waals surface area contributed by atoms with Gasteiger partial charge in [-0.2, -0.15) is 0 Å². The van der Waals surface area contributed by atoms with E-state index in [2.05, 4.69) is 15.9 Å². The van der Waals surface area contributed by atoms with Crippen molar-refractivity contribution in [2.75, 3.05) is 12.9 Å². The van der Waals surface area contributed by atoms with Crippen LogP contribution in [0.5, 0.6) is 5.75 Å². The van der Waals surface area contributed by atoms with Gasteiger partial charge in [-0.15, -0.1) is 11.3 Å². The van der Waals surface area contributed by atoms with Crippen LogP contribution in [0, 0.1) is 0 Å². The molecule has 0 bridgehead atoms. The minimum Gasteiger partial charge on any atom is -0.497 e. The van der Waals surface area contributed by atoms with Gasteiger partial charge in [0.15, 0.2) is 15.6 Å². The Hall–Kier alpha value is -1.18. The summed E-state index contributed by atoms with van der Waals surface area (Å²) in [6, 6.07) is 9.31. The molecule has 7 heteroatoms. The van der Waals surface area contributed by atoms with Crippen molar-refractivity contribution in [1.29, 1.82) is 0 Å². The van der Waals surface area contributed by atoms with E-state index in [0.29, 0.717) is 10.6 Å². The van der Waals surface area contributed by atoms with Gasteiger partial charge >= 0.3 is 0 Å². The van der Waals surface area contributed by atoms with E-state index >= 15 is 0 Å². The minimum absolute atomic E-state index is 0.113. The van der Waals surface area contributed by atoms with Crippen molar-refractivity contribution >= 4 is 42.9 Å². The average Bonchev–Trinajstić information content (AvgIpc) is 2.85. The fourth-order valence-corrected chi connectivity index (χ4v) is 4.21. The van der Waals surface area contributed by atoms with Gasteiger partial charge in [0.1, 0.15) is 11.5 Å². The van der Waals surface area contributed by atoms with E-state index in [9.17, 15) is 13.2 Å². The molecule has 0 unspecified atom stereocenters. The second kappa shape index (κ2) is 6.07. The number of hydrogen-bond donors (Lipinski definition) is 0. The highest BCUT2D eigenvalue weighted by atomic mass is 79.9. The van der Waals surface area contributed by atoms with E-state index < -0.39 is 21.4 Å². The molecule has 0 aliphatic heterocycles. The lowest BCUT2D eigenvalue weighted by Gasteiger charge is -2.04. The predicted octanol–water partition coefficient (Wildman–Crippen LogP) is 3.18. The summed E-state index contributed by atoms with van der Waals surface area (Å²) in [5, 5.41) is 0. The molecule has 106 valence electrons. The van der Waals surface area contributed by atoms with Crippen LogP contribution in [0.4, 0.5) is 0 Å². The highest BCUT2D eigenvalue weighted by Crippen LogP contribution is 2.24. The van der Waals surface area contributed by atoms with Gasteiger partial charge in [-0.1, -0.05) is 0 Å². The van der Waals surface area contributed by atoms with Crippen molar-refractivity contribution in [2.45, 2.75) is 4.90 Å². The summed E-state index contributed by atoms with van der Waals surface area (Å²) in [5.41, 5.74) is 0. The second-order valence-corrected chi connectivity index (χ2v) is 8.41. The molecule has 0 N–H and O–H groups in total. The second-order valence-electron chi connectivity index (χ2n) is 3.96. The predicted molar refractivity (Wildman–Crippen MR) is 81.4 cm³/mol.